The average molecular weight is 1180 g/mol. The Morgan fingerprint density at radius 3 is 1.58 bits per heavy atom. The van der Waals surface area contributed by atoms with Gasteiger partial charge < -0.3 is 32.3 Å². The summed E-state index contributed by atoms with van der Waals surface area (Å²) < 4.78 is 1.94. The van der Waals surface area contributed by atoms with Crippen LogP contribution in [-0.4, -0.2) is 44.6 Å². The van der Waals surface area contributed by atoms with E-state index in [2.05, 4.69) is 163 Å². The maximum Gasteiger partial charge on any atom is 0.111 e. The SMILES string of the molecule is [Au].[Au].[C-]#Cc1ccc2c(c1)[Si](C)(C)c1ccccc1-2.[C-]#Cc1ccc2c(c1)[Si](C)(C)c1ccccc1-2.[C-]1=NC(CCc2cn(-c3ccccc3)[c-]n2)CN1c1ccccc1. The van der Waals surface area contributed by atoms with Crippen LogP contribution in [0.1, 0.15) is 23.2 Å². The van der Waals surface area contributed by atoms with Gasteiger partial charge in [-0.15, -0.1) is 53.2 Å². The van der Waals surface area contributed by atoms with Gasteiger partial charge in [-0.2, -0.15) is 0 Å². The summed E-state index contributed by atoms with van der Waals surface area (Å²) in [6, 6.07) is 50.7. The third-order valence-electron chi connectivity index (χ3n) is 11.6. The van der Waals surface area contributed by atoms with Gasteiger partial charge in [0.15, 0.2) is 0 Å². The first-order chi connectivity index (χ1) is 28.2. The molecule has 0 N–H and O–H groups in total. The fourth-order valence-corrected chi connectivity index (χ4v) is 14.6. The maximum atomic E-state index is 7.26. The summed E-state index contributed by atoms with van der Waals surface area (Å²) in [5, 5.41) is 5.90. The van der Waals surface area contributed by atoms with Gasteiger partial charge in [0.2, 0.25) is 0 Å². The third kappa shape index (κ3) is 9.04. The van der Waals surface area contributed by atoms with Crippen molar-refractivity contribution in [1.82, 2.24) is 9.55 Å². The molecule has 0 fully saturated rings. The molecule has 7 aromatic rings. The first-order valence-electron chi connectivity index (χ1n) is 19.8. The normalized spacial score (nSPS) is 15.1. The zero-order valence-corrected chi connectivity index (χ0v) is 40.4. The van der Waals surface area contributed by atoms with E-state index in [-0.39, 0.29) is 50.8 Å². The Labute approximate surface area is 389 Å². The first-order valence-corrected chi connectivity index (χ1v) is 25.8. The molecule has 3 aliphatic heterocycles. The Kier molecular flexibility index (Phi) is 14.2. The second-order valence-corrected chi connectivity index (χ2v) is 24.7. The molecule has 4 heterocycles. The fourth-order valence-electron chi connectivity index (χ4n) is 8.42. The molecular formula is C52H44Au2N4Si2-4. The summed E-state index contributed by atoms with van der Waals surface area (Å²) in [4.78, 5) is 11.0. The monoisotopic (exact) mass is 1170 g/mol. The number of hydrogen-bond acceptors (Lipinski definition) is 3. The van der Waals surface area contributed by atoms with Gasteiger partial charge in [0.05, 0.1) is 0 Å². The van der Waals surface area contributed by atoms with Crippen LogP contribution in [0.25, 0.3) is 27.9 Å². The van der Waals surface area contributed by atoms with Gasteiger partial charge in [0.25, 0.3) is 0 Å². The predicted octanol–water partition coefficient (Wildman–Crippen LogP) is 8.25. The van der Waals surface area contributed by atoms with E-state index in [0.717, 1.165) is 47.6 Å². The minimum absolute atomic E-state index is 0. The molecule has 4 nitrogen and oxygen atoms in total. The zero-order chi connectivity index (χ0) is 40.3. The molecule has 306 valence electrons. The molecule has 2 radical (unpaired) electrons. The van der Waals surface area contributed by atoms with Crippen LogP contribution >= 0.6 is 0 Å². The van der Waals surface area contributed by atoms with Crippen LogP contribution in [-0.2, 0) is 51.2 Å². The first kappa shape index (κ1) is 44.6. The molecule has 1 aromatic heterocycles. The molecule has 8 heteroatoms. The number of imidazole rings is 1. The average Bonchev–Trinajstić information content (AvgIpc) is 4.05. The maximum absolute atomic E-state index is 7.26. The van der Waals surface area contributed by atoms with E-state index in [0.29, 0.717) is 0 Å². The van der Waals surface area contributed by atoms with Crippen LogP contribution in [0.3, 0.4) is 0 Å². The second-order valence-electron chi connectivity index (χ2n) is 16.0. The van der Waals surface area contributed by atoms with Crippen molar-refractivity contribution < 1.29 is 44.8 Å². The van der Waals surface area contributed by atoms with E-state index in [4.69, 9.17) is 12.8 Å². The fraction of sp³-hybridized carbons (Fsp3) is 0.154. The van der Waals surface area contributed by atoms with Crippen LogP contribution < -0.4 is 25.6 Å². The number of aromatic nitrogens is 2. The molecule has 1 unspecified atom stereocenters. The molecule has 0 amide bonds. The number of hydrogen-bond donors (Lipinski definition) is 0. The van der Waals surface area contributed by atoms with Crippen molar-refractivity contribution in [2.75, 3.05) is 11.4 Å². The smallest absolute Gasteiger partial charge is 0.111 e. The summed E-state index contributed by atoms with van der Waals surface area (Å²) in [7, 11) is -3.10. The van der Waals surface area contributed by atoms with Gasteiger partial charge in [-0.3, -0.25) is 11.8 Å². The van der Waals surface area contributed by atoms with E-state index < -0.39 is 16.1 Å². The number of nitrogens with zero attached hydrogens (tertiary/aromatic N) is 4. The van der Waals surface area contributed by atoms with Crippen LogP contribution in [0.5, 0.6) is 0 Å². The van der Waals surface area contributed by atoms with Crippen LogP contribution in [0.4, 0.5) is 5.69 Å². The molecule has 0 saturated heterocycles. The summed E-state index contributed by atoms with van der Waals surface area (Å²) in [6.45, 7) is 10.4. The van der Waals surface area contributed by atoms with Gasteiger partial charge in [0, 0.05) is 63.7 Å². The van der Waals surface area contributed by atoms with Gasteiger partial charge in [-0.05, 0) is 44.7 Å². The van der Waals surface area contributed by atoms with Crippen molar-refractivity contribution in [1.29, 1.82) is 0 Å². The largest absolute Gasteiger partial charge is 0.494 e. The Morgan fingerprint density at radius 2 is 1.07 bits per heavy atom. The summed E-state index contributed by atoms with van der Waals surface area (Å²) in [5.74, 6) is 4.99. The van der Waals surface area contributed by atoms with Gasteiger partial charge in [-0.1, -0.05) is 170 Å². The molecule has 0 aliphatic carbocycles. The molecular weight excluding hydrogens is 1130 g/mol. The zero-order valence-electron chi connectivity index (χ0n) is 34.0. The second kappa shape index (κ2) is 19.2. The minimum atomic E-state index is -1.55. The van der Waals surface area contributed by atoms with Crippen molar-refractivity contribution in [2.45, 2.75) is 45.1 Å². The van der Waals surface area contributed by atoms with E-state index in [1.807, 2.05) is 59.3 Å². The number of rotatable bonds is 5. The quantitative estimate of drug-likeness (QED) is 0.0990. The Bertz CT molecular complexity index is 2590. The van der Waals surface area contributed by atoms with Crippen molar-refractivity contribution in [3.8, 4) is 39.8 Å². The van der Waals surface area contributed by atoms with Gasteiger partial charge in [-0.25, -0.2) is 0 Å². The number of para-hydroxylation sites is 2. The predicted molar refractivity (Wildman–Crippen MR) is 245 cm³/mol. The van der Waals surface area contributed by atoms with E-state index in [1.54, 1.807) is 0 Å². The standard InChI is InChI=1S/C20H18N4.2C16H13Si.2Au/c1-3-7-19(8-4-1)23-13-17(21-15-23)11-12-18-14-24(16-22-18)20-9-5-2-6-10-20;2*1-4-12-9-10-14-13-7-5-6-8-15(13)17(2,3)16(14)11-12;;/h1-10,13,18H,11-12,14H2;2*5-11H,2-3H3;;/q-2;2*-1;;. The van der Waals surface area contributed by atoms with Crippen LogP contribution in [0.2, 0.25) is 26.2 Å². The minimum Gasteiger partial charge on any atom is -0.494 e. The van der Waals surface area contributed by atoms with E-state index in [9.17, 15) is 0 Å². The van der Waals surface area contributed by atoms with Crippen molar-refractivity contribution in [2.24, 2.45) is 4.99 Å². The molecule has 60 heavy (non-hydrogen) atoms. The number of anilines is 1. The Hall–Kier alpha value is -4.97. The summed E-state index contributed by atoms with van der Waals surface area (Å²) in [6.07, 6.45) is 24.6. The van der Waals surface area contributed by atoms with E-state index >= 15 is 0 Å². The molecule has 0 spiro atoms. The number of aryl methyl sites for hydroxylation is 1. The van der Waals surface area contributed by atoms with Crippen LogP contribution in [0, 0.1) is 31.0 Å². The number of benzene rings is 6. The molecule has 1 atom stereocenters. The van der Waals surface area contributed by atoms with Crippen LogP contribution in [0.15, 0.2) is 157 Å². The van der Waals surface area contributed by atoms with Crippen molar-refractivity contribution in [3.63, 3.8) is 0 Å². The number of aliphatic imine (C=N–C) groups is 1. The summed E-state index contributed by atoms with van der Waals surface area (Å²) >= 11 is 0. The Morgan fingerprint density at radius 1 is 0.600 bits per heavy atom. The molecule has 10 rings (SSSR count). The molecule has 3 aliphatic rings. The van der Waals surface area contributed by atoms with Gasteiger partial charge in [0.1, 0.15) is 16.1 Å². The summed E-state index contributed by atoms with van der Waals surface area (Å²) in [5.41, 5.74) is 10.5. The van der Waals surface area contributed by atoms with Crippen molar-refractivity contribution >= 4 is 48.9 Å². The molecule has 0 saturated carbocycles. The third-order valence-corrected chi connectivity index (χ3v) is 18.7. The number of fused-ring (bicyclic) bond motifs is 6. The molecule has 0 bridgehead atoms. The Balaban J connectivity index is 0.000000152. The van der Waals surface area contributed by atoms with Crippen molar-refractivity contribution in [3.05, 3.63) is 188 Å². The van der Waals surface area contributed by atoms with E-state index in [1.165, 1.54) is 43.0 Å². The molecule has 6 aromatic carbocycles. The van der Waals surface area contributed by atoms with Gasteiger partial charge >= 0.3 is 0 Å². The topological polar surface area (TPSA) is 33.4 Å².